The number of anilines is 1. The van der Waals surface area contributed by atoms with Gasteiger partial charge in [0.15, 0.2) is 5.69 Å². The third kappa shape index (κ3) is 4.49. The fraction of sp³-hybridized carbons (Fsp3) is 0.100. The molecule has 33 heavy (non-hydrogen) atoms. The number of ether oxygens (including phenoxy) is 1. The van der Waals surface area contributed by atoms with Crippen molar-refractivity contribution in [2.45, 2.75) is 6.92 Å². The molecular weight excluding hydrogens is 471 g/mol. The second-order valence-corrected chi connectivity index (χ2v) is 7.48. The molecule has 1 amide bonds. The van der Waals surface area contributed by atoms with Gasteiger partial charge in [-0.25, -0.2) is 10.1 Å². The number of halogens is 2. The molecule has 4 rings (SSSR count). The molecule has 0 unspecified atom stereocenters. The van der Waals surface area contributed by atoms with E-state index in [1.807, 2.05) is 12.1 Å². The average molecular weight is 487 g/mol. The summed E-state index contributed by atoms with van der Waals surface area (Å²) >= 11 is 12.2. The molecule has 0 saturated heterocycles. The summed E-state index contributed by atoms with van der Waals surface area (Å²) in [5.74, 6) is 0.104. The van der Waals surface area contributed by atoms with Crippen molar-refractivity contribution in [1.29, 1.82) is 0 Å². The standard InChI is InChI=1S/C20H16Cl2N8O3/c1-10(11-3-6-13(32-2)7-4-11)24-26-20(31)16-17(12-5-8-14(21)15(22)9-12)30(29-25-16)19-18(23)27-33-28-19/h3-9H,1-2H3,(H2,23,27)(H,26,31)/b24-10-. The Kier molecular flexibility index (Phi) is 6.24. The number of hydrogen-bond donors (Lipinski definition) is 2. The molecule has 0 bridgehead atoms. The number of benzene rings is 2. The fourth-order valence-corrected chi connectivity index (χ4v) is 3.21. The molecule has 2 aromatic carbocycles. The first-order valence-corrected chi connectivity index (χ1v) is 10.1. The maximum atomic E-state index is 13.0. The average Bonchev–Trinajstić information content (AvgIpc) is 3.45. The Bertz CT molecular complexity index is 1350. The maximum absolute atomic E-state index is 13.0. The minimum absolute atomic E-state index is 0.0402. The monoisotopic (exact) mass is 486 g/mol. The molecule has 2 aromatic heterocycles. The van der Waals surface area contributed by atoms with E-state index < -0.39 is 5.91 Å². The Morgan fingerprint density at radius 2 is 1.91 bits per heavy atom. The molecule has 0 spiro atoms. The summed E-state index contributed by atoms with van der Waals surface area (Å²) in [6, 6.07) is 12.0. The van der Waals surface area contributed by atoms with Crippen molar-refractivity contribution < 1.29 is 14.2 Å². The van der Waals surface area contributed by atoms with Gasteiger partial charge in [-0.05, 0) is 59.2 Å². The Morgan fingerprint density at radius 1 is 1.15 bits per heavy atom. The fourth-order valence-electron chi connectivity index (χ4n) is 2.91. The van der Waals surface area contributed by atoms with E-state index in [9.17, 15) is 4.79 Å². The number of carbonyl (C=O) groups is 1. The predicted octanol–water partition coefficient (Wildman–Crippen LogP) is 3.37. The van der Waals surface area contributed by atoms with Gasteiger partial charge in [0.1, 0.15) is 11.4 Å². The number of methoxy groups -OCH3 is 1. The van der Waals surface area contributed by atoms with Crippen LogP contribution in [-0.2, 0) is 0 Å². The summed E-state index contributed by atoms with van der Waals surface area (Å²) in [4.78, 5) is 13.0. The second-order valence-electron chi connectivity index (χ2n) is 6.67. The zero-order valence-electron chi connectivity index (χ0n) is 17.3. The Labute approximate surface area is 197 Å². The van der Waals surface area contributed by atoms with Crippen LogP contribution in [0.5, 0.6) is 5.75 Å². The van der Waals surface area contributed by atoms with Crippen LogP contribution in [0.1, 0.15) is 23.0 Å². The van der Waals surface area contributed by atoms with Gasteiger partial charge in [0.05, 0.1) is 22.9 Å². The number of nitrogens with zero attached hydrogens (tertiary/aromatic N) is 6. The van der Waals surface area contributed by atoms with Crippen molar-refractivity contribution in [2.24, 2.45) is 5.10 Å². The molecular formula is C20H16Cl2N8O3. The quantitative estimate of drug-likeness (QED) is 0.311. The van der Waals surface area contributed by atoms with E-state index in [1.54, 1.807) is 44.4 Å². The van der Waals surface area contributed by atoms with Crippen LogP contribution >= 0.6 is 23.2 Å². The molecule has 0 atom stereocenters. The van der Waals surface area contributed by atoms with Gasteiger partial charge in [-0.1, -0.05) is 34.5 Å². The topological polar surface area (TPSA) is 146 Å². The molecule has 0 aliphatic carbocycles. The van der Waals surface area contributed by atoms with Gasteiger partial charge >= 0.3 is 0 Å². The summed E-state index contributed by atoms with van der Waals surface area (Å²) in [6.45, 7) is 1.75. The van der Waals surface area contributed by atoms with Crippen LogP contribution in [-0.4, -0.2) is 44.0 Å². The predicted molar refractivity (Wildman–Crippen MR) is 122 cm³/mol. The lowest BCUT2D eigenvalue weighted by Gasteiger charge is -2.07. The summed E-state index contributed by atoms with van der Waals surface area (Å²) < 4.78 is 11.0. The van der Waals surface area contributed by atoms with Gasteiger partial charge in [-0.3, -0.25) is 4.79 Å². The van der Waals surface area contributed by atoms with Crippen LogP contribution in [0, 0.1) is 0 Å². The molecule has 3 N–H and O–H groups in total. The highest BCUT2D eigenvalue weighted by Crippen LogP contribution is 2.31. The Morgan fingerprint density at radius 3 is 2.55 bits per heavy atom. The number of hydrogen-bond acceptors (Lipinski definition) is 9. The molecule has 2 heterocycles. The van der Waals surface area contributed by atoms with Gasteiger partial charge in [0.2, 0.25) is 11.6 Å². The minimum atomic E-state index is -0.620. The smallest absolute Gasteiger partial charge is 0.294 e. The highest BCUT2D eigenvalue weighted by molar-refractivity contribution is 6.42. The number of amides is 1. The largest absolute Gasteiger partial charge is 0.497 e. The molecule has 11 nitrogen and oxygen atoms in total. The normalized spacial score (nSPS) is 11.5. The van der Waals surface area contributed by atoms with Gasteiger partial charge in [0, 0.05) is 5.56 Å². The molecule has 0 aliphatic heterocycles. The summed E-state index contributed by atoms with van der Waals surface area (Å²) in [5.41, 5.74) is 10.3. The molecule has 4 aromatic rings. The minimum Gasteiger partial charge on any atom is -0.497 e. The van der Waals surface area contributed by atoms with Crippen molar-refractivity contribution in [3.63, 3.8) is 0 Å². The van der Waals surface area contributed by atoms with E-state index in [-0.39, 0.29) is 28.0 Å². The van der Waals surface area contributed by atoms with Crippen molar-refractivity contribution in [3.8, 4) is 22.8 Å². The number of nitrogens with two attached hydrogens (primary N) is 1. The first-order valence-electron chi connectivity index (χ1n) is 9.37. The Balaban J connectivity index is 1.70. The molecule has 0 aliphatic rings. The van der Waals surface area contributed by atoms with Crippen LogP contribution in [0.4, 0.5) is 5.82 Å². The summed E-state index contributed by atoms with van der Waals surface area (Å²) in [7, 11) is 1.58. The van der Waals surface area contributed by atoms with Crippen molar-refractivity contribution >= 4 is 40.6 Å². The lowest BCUT2D eigenvalue weighted by molar-refractivity contribution is 0.0950. The van der Waals surface area contributed by atoms with E-state index in [2.05, 4.69) is 35.8 Å². The van der Waals surface area contributed by atoms with E-state index in [4.69, 9.17) is 33.7 Å². The number of nitrogens with one attached hydrogen (secondary N) is 1. The van der Waals surface area contributed by atoms with Crippen LogP contribution < -0.4 is 15.9 Å². The number of rotatable bonds is 6. The number of carbonyl (C=O) groups excluding carboxylic acids is 1. The summed E-state index contributed by atoms with van der Waals surface area (Å²) in [5, 5.41) is 20.0. The number of nitrogen functional groups attached to an aromatic ring is 1. The second kappa shape index (κ2) is 9.27. The number of hydrazone groups is 1. The molecule has 0 fully saturated rings. The lowest BCUT2D eigenvalue weighted by Crippen LogP contribution is -2.21. The van der Waals surface area contributed by atoms with Crippen LogP contribution in [0.25, 0.3) is 17.1 Å². The highest BCUT2D eigenvalue weighted by atomic mass is 35.5. The van der Waals surface area contributed by atoms with Gasteiger partial charge in [-0.15, -0.1) is 5.10 Å². The third-order valence-corrected chi connectivity index (χ3v) is 5.35. The van der Waals surface area contributed by atoms with Crippen LogP contribution in [0.15, 0.2) is 52.2 Å². The molecule has 0 saturated carbocycles. The van der Waals surface area contributed by atoms with Gasteiger partial charge < -0.3 is 10.5 Å². The van der Waals surface area contributed by atoms with Gasteiger partial charge in [-0.2, -0.15) is 9.78 Å². The lowest BCUT2D eigenvalue weighted by atomic mass is 10.1. The molecule has 13 heteroatoms. The van der Waals surface area contributed by atoms with Crippen LogP contribution in [0.2, 0.25) is 10.0 Å². The zero-order valence-corrected chi connectivity index (χ0v) is 18.8. The zero-order chi connectivity index (χ0) is 23.5. The van der Waals surface area contributed by atoms with Crippen molar-refractivity contribution in [2.75, 3.05) is 12.8 Å². The van der Waals surface area contributed by atoms with E-state index in [0.717, 1.165) is 5.56 Å². The van der Waals surface area contributed by atoms with Crippen LogP contribution in [0.3, 0.4) is 0 Å². The first-order chi connectivity index (χ1) is 15.9. The maximum Gasteiger partial charge on any atom is 0.294 e. The van der Waals surface area contributed by atoms with Gasteiger partial charge in [0.25, 0.3) is 5.91 Å². The highest BCUT2D eigenvalue weighted by Gasteiger charge is 2.25. The molecule has 168 valence electrons. The summed E-state index contributed by atoms with van der Waals surface area (Å²) in [6.07, 6.45) is 0. The Hall–Kier alpha value is -3.96. The van der Waals surface area contributed by atoms with E-state index in [0.29, 0.717) is 22.0 Å². The SMILES string of the molecule is COc1ccc(/C(C)=N\NC(=O)c2nnn(-c3nonc3N)c2-c2ccc(Cl)c(Cl)c2)cc1. The van der Waals surface area contributed by atoms with Crippen molar-refractivity contribution in [3.05, 3.63) is 63.8 Å². The van der Waals surface area contributed by atoms with E-state index in [1.165, 1.54) is 4.68 Å². The molecule has 0 radical (unpaired) electrons. The number of aromatic nitrogens is 5. The first kappa shape index (κ1) is 22.2. The third-order valence-electron chi connectivity index (χ3n) is 4.61. The van der Waals surface area contributed by atoms with E-state index >= 15 is 0 Å². The van der Waals surface area contributed by atoms with Crippen molar-refractivity contribution in [1.82, 2.24) is 30.7 Å².